The van der Waals surface area contributed by atoms with Crippen LogP contribution in [0.3, 0.4) is 0 Å². The van der Waals surface area contributed by atoms with Crippen molar-refractivity contribution in [2.24, 2.45) is 0 Å². The van der Waals surface area contributed by atoms with Crippen LogP contribution in [0.25, 0.3) is 20.0 Å². The zero-order valence-corrected chi connectivity index (χ0v) is 19.2. The van der Waals surface area contributed by atoms with E-state index in [1.165, 1.54) is 36.7 Å². The summed E-state index contributed by atoms with van der Waals surface area (Å²) >= 11 is 0.678. The van der Waals surface area contributed by atoms with Gasteiger partial charge in [0, 0.05) is 0 Å². The van der Waals surface area contributed by atoms with Crippen LogP contribution in [0.1, 0.15) is 16.7 Å². The Morgan fingerprint density at radius 3 is 1.81 bits per heavy atom. The monoisotopic (exact) mass is 482 g/mol. The predicted octanol–water partition coefficient (Wildman–Crippen LogP) is 4.66. The van der Waals surface area contributed by atoms with E-state index < -0.39 is 0 Å². The molecule has 0 aliphatic carbocycles. The number of aryl methyl sites for hydroxylation is 3. The first-order chi connectivity index (χ1) is 13.1. The van der Waals surface area contributed by atoms with E-state index in [2.05, 4.69) is 99.6 Å². The van der Waals surface area contributed by atoms with Gasteiger partial charge in [0.25, 0.3) is 0 Å². The molecule has 134 valence electrons. The van der Waals surface area contributed by atoms with Gasteiger partial charge in [0.2, 0.25) is 0 Å². The van der Waals surface area contributed by atoms with E-state index in [4.69, 9.17) is 0 Å². The summed E-state index contributed by atoms with van der Waals surface area (Å²) < 4.78 is 6.14. The molecule has 27 heavy (non-hydrogen) atoms. The molecule has 0 spiro atoms. The van der Waals surface area contributed by atoms with E-state index >= 15 is 0 Å². The van der Waals surface area contributed by atoms with Gasteiger partial charge in [-0.2, -0.15) is 0 Å². The Bertz CT molecular complexity index is 1040. The SMILES string of the molecule is Cc1cc(C)c([Se]c2cc(-c3ccccc3)[se]c2-c2ccccc2)c(C)c1. The zero-order chi connectivity index (χ0) is 18.8. The van der Waals surface area contributed by atoms with Crippen molar-refractivity contribution in [3.05, 3.63) is 95.6 Å². The van der Waals surface area contributed by atoms with Crippen LogP contribution in [0.15, 0.2) is 78.9 Å². The van der Waals surface area contributed by atoms with Crippen molar-refractivity contribution < 1.29 is 0 Å². The van der Waals surface area contributed by atoms with Crippen LogP contribution in [0, 0.1) is 20.8 Å². The molecule has 2 heteroatoms. The number of rotatable bonds is 4. The average molecular weight is 480 g/mol. The van der Waals surface area contributed by atoms with Gasteiger partial charge in [-0.1, -0.05) is 0 Å². The Labute approximate surface area is 174 Å². The molecule has 0 unspecified atom stereocenters. The average Bonchev–Trinajstić information content (AvgIpc) is 3.10. The minimum atomic E-state index is 0.325. The Morgan fingerprint density at radius 2 is 1.22 bits per heavy atom. The predicted molar refractivity (Wildman–Crippen MR) is 120 cm³/mol. The number of benzene rings is 3. The van der Waals surface area contributed by atoms with Crippen molar-refractivity contribution in [3.8, 4) is 20.0 Å². The van der Waals surface area contributed by atoms with Crippen LogP contribution >= 0.6 is 0 Å². The van der Waals surface area contributed by atoms with E-state index in [1.54, 1.807) is 8.90 Å². The second kappa shape index (κ2) is 8.05. The van der Waals surface area contributed by atoms with Crippen LogP contribution in [-0.2, 0) is 0 Å². The van der Waals surface area contributed by atoms with Crippen molar-refractivity contribution in [3.63, 3.8) is 0 Å². The molecular formula is C25H22Se2. The van der Waals surface area contributed by atoms with Crippen LogP contribution in [0.5, 0.6) is 0 Å². The molecule has 3 aromatic carbocycles. The van der Waals surface area contributed by atoms with Gasteiger partial charge in [-0.3, -0.25) is 0 Å². The second-order valence-electron chi connectivity index (χ2n) is 6.87. The summed E-state index contributed by atoms with van der Waals surface area (Å²) in [4.78, 5) is 0. The molecule has 1 aromatic heterocycles. The summed E-state index contributed by atoms with van der Waals surface area (Å²) in [7, 11) is 0. The summed E-state index contributed by atoms with van der Waals surface area (Å²) in [5.74, 6) is 0. The molecule has 0 aliphatic heterocycles. The number of hydrogen-bond donors (Lipinski definition) is 0. The fourth-order valence-electron chi connectivity index (χ4n) is 3.42. The molecule has 0 bridgehead atoms. The zero-order valence-electron chi connectivity index (χ0n) is 15.8. The van der Waals surface area contributed by atoms with Crippen molar-refractivity contribution in [1.82, 2.24) is 0 Å². The maximum absolute atomic E-state index is 2.48. The van der Waals surface area contributed by atoms with Gasteiger partial charge in [0.1, 0.15) is 0 Å². The molecule has 0 N–H and O–H groups in total. The van der Waals surface area contributed by atoms with Gasteiger partial charge in [0.05, 0.1) is 0 Å². The standard InChI is InChI=1S/C25H22Se2/c1-17-14-18(2)24(19(3)15-17)27-23-16-22(20-10-6-4-7-11-20)26-25(23)21-12-8-5-9-13-21/h4-16H,1-3H3. The molecule has 0 amide bonds. The van der Waals surface area contributed by atoms with Crippen LogP contribution < -0.4 is 8.92 Å². The molecule has 0 atom stereocenters. The van der Waals surface area contributed by atoms with E-state index in [-0.39, 0.29) is 0 Å². The molecule has 0 saturated heterocycles. The van der Waals surface area contributed by atoms with Crippen LogP contribution in [0.2, 0.25) is 0 Å². The third-order valence-corrected chi connectivity index (χ3v) is 10.8. The first-order valence-electron chi connectivity index (χ1n) is 9.12. The third kappa shape index (κ3) is 4.05. The Balaban J connectivity index is 1.83. The van der Waals surface area contributed by atoms with E-state index in [9.17, 15) is 0 Å². The Morgan fingerprint density at radius 1 is 0.667 bits per heavy atom. The molecule has 0 radical (unpaired) electrons. The van der Waals surface area contributed by atoms with E-state index in [0.717, 1.165) is 0 Å². The van der Waals surface area contributed by atoms with Gasteiger partial charge < -0.3 is 0 Å². The summed E-state index contributed by atoms with van der Waals surface area (Å²) in [6.45, 7) is 6.72. The van der Waals surface area contributed by atoms with Crippen molar-refractivity contribution >= 4 is 38.4 Å². The molecular weight excluding hydrogens is 458 g/mol. The van der Waals surface area contributed by atoms with Gasteiger partial charge in [-0.15, -0.1) is 0 Å². The Hall–Kier alpha value is -1.82. The normalized spacial score (nSPS) is 10.9. The first kappa shape index (κ1) is 18.5. The summed E-state index contributed by atoms with van der Waals surface area (Å²) in [6.07, 6.45) is 0. The third-order valence-electron chi connectivity index (χ3n) is 4.61. The van der Waals surface area contributed by atoms with E-state index in [1.807, 2.05) is 0 Å². The summed E-state index contributed by atoms with van der Waals surface area (Å²) in [5, 5.41) is 0. The molecule has 0 aliphatic rings. The molecule has 4 rings (SSSR count). The fraction of sp³-hybridized carbons (Fsp3) is 0.120. The quantitative estimate of drug-likeness (QED) is 0.373. The molecule has 0 nitrogen and oxygen atoms in total. The number of hydrogen-bond acceptors (Lipinski definition) is 0. The van der Waals surface area contributed by atoms with Crippen molar-refractivity contribution in [2.75, 3.05) is 0 Å². The molecule has 0 fully saturated rings. The molecule has 1 heterocycles. The summed E-state index contributed by atoms with van der Waals surface area (Å²) in [6, 6.07) is 29.0. The van der Waals surface area contributed by atoms with Gasteiger partial charge in [-0.05, 0) is 0 Å². The van der Waals surface area contributed by atoms with E-state index in [0.29, 0.717) is 29.5 Å². The molecule has 4 aromatic rings. The van der Waals surface area contributed by atoms with Crippen LogP contribution in [-0.4, -0.2) is 29.5 Å². The van der Waals surface area contributed by atoms with Gasteiger partial charge >= 0.3 is 175 Å². The Kier molecular flexibility index (Phi) is 5.52. The summed E-state index contributed by atoms with van der Waals surface area (Å²) in [5.41, 5.74) is 6.98. The molecule has 0 saturated carbocycles. The first-order valence-corrected chi connectivity index (χ1v) is 12.5. The van der Waals surface area contributed by atoms with Gasteiger partial charge in [0.15, 0.2) is 0 Å². The fourth-order valence-corrected chi connectivity index (χ4v) is 9.14. The topological polar surface area (TPSA) is 0 Å². The second-order valence-corrected chi connectivity index (χ2v) is 11.3. The maximum atomic E-state index is 2.48. The van der Waals surface area contributed by atoms with Crippen molar-refractivity contribution in [2.45, 2.75) is 20.8 Å². The van der Waals surface area contributed by atoms with Gasteiger partial charge in [-0.25, -0.2) is 0 Å². The van der Waals surface area contributed by atoms with Crippen molar-refractivity contribution in [1.29, 1.82) is 0 Å². The van der Waals surface area contributed by atoms with Crippen LogP contribution in [0.4, 0.5) is 0 Å². The minimum absolute atomic E-state index is 0.325.